The van der Waals surface area contributed by atoms with E-state index in [1.54, 1.807) is 6.07 Å². The highest BCUT2D eigenvalue weighted by molar-refractivity contribution is 5.23. The van der Waals surface area contributed by atoms with Crippen LogP contribution in [0.2, 0.25) is 0 Å². The Balaban J connectivity index is 1.68. The molecule has 0 unspecified atom stereocenters. The van der Waals surface area contributed by atoms with E-state index in [1.807, 2.05) is 19.1 Å². The molecular weight excluding hydrogens is 237 g/mol. The standard InChI is InChI=1S/C17H26FN/c1-13-3-6-15(7-4-13)9-10-19-12-16-11-14(2)5-8-17(16)18/h5,8,11,13,15,19H,3-4,6-7,9-10,12H2,1-2H3. The van der Waals surface area contributed by atoms with E-state index in [4.69, 9.17) is 0 Å². The number of rotatable bonds is 5. The van der Waals surface area contributed by atoms with Crippen LogP contribution in [0.5, 0.6) is 0 Å². The SMILES string of the molecule is Cc1ccc(F)c(CNCCC2CCC(C)CC2)c1. The average molecular weight is 263 g/mol. The normalized spacial score (nSPS) is 23.5. The predicted octanol–water partition coefficient (Wildman–Crippen LogP) is 4.44. The number of halogens is 1. The predicted molar refractivity (Wildman–Crippen MR) is 78.6 cm³/mol. The van der Waals surface area contributed by atoms with E-state index in [1.165, 1.54) is 32.1 Å². The number of aryl methyl sites for hydroxylation is 1. The van der Waals surface area contributed by atoms with E-state index in [-0.39, 0.29) is 5.82 Å². The second kappa shape index (κ2) is 7.04. The van der Waals surface area contributed by atoms with E-state index in [0.29, 0.717) is 6.54 Å². The summed E-state index contributed by atoms with van der Waals surface area (Å²) in [5.74, 6) is 1.71. The van der Waals surface area contributed by atoms with Crippen molar-refractivity contribution in [1.29, 1.82) is 0 Å². The molecule has 0 heterocycles. The molecule has 0 aliphatic heterocycles. The average Bonchev–Trinajstić information content (AvgIpc) is 2.40. The van der Waals surface area contributed by atoms with Crippen LogP contribution in [0.15, 0.2) is 18.2 Å². The van der Waals surface area contributed by atoms with E-state index < -0.39 is 0 Å². The quantitative estimate of drug-likeness (QED) is 0.774. The molecule has 0 saturated heterocycles. The third kappa shape index (κ3) is 4.61. The Morgan fingerprint density at radius 1 is 1.21 bits per heavy atom. The van der Waals surface area contributed by atoms with E-state index in [2.05, 4.69) is 12.2 Å². The zero-order valence-corrected chi connectivity index (χ0v) is 12.2. The maximum absolute atomic E-state index is 13.6. The molecular formula is C17H26FN. The monoisotopic (exact) mass is 263 g/mol. The molecule has 0 spiro atoms. The lowest BCUT2D eigenvalue weighted by Crippen LogP contribution is -2.21. The van der Waals surface area contributed by atoms with Gasteiger partial charge < -0.3 is 5.32 Å². The van der Waals surface area contributed by atoms with Gasteiger partial charge in [0, 0.05) is 12.1 Å². The van der Waals surface area contributed by atoms with Gasteiger partial charge >= 0.3 is 0 Å². The fourth-order valence-electron chi connectivity index (χ4n) is 2.99. The fourth-order valence-corrected chi connectivity index (χ4v) is 2.99. The van der Waals surface area contributed by atoms with Gasteiger partial charge in [0.2, 0.25) is 0 Å². The fraction of sp³-hybridized carbons (Fsp3) is 0.647. The first kappa shape index (κ1) is 14.5. The van der Waals surface area contributed by atoms with Gasteiger partial charge in [-0.2, -0.15) is 0 Å². The van der Waals surface area contributed by atoms with Crippen molar-refractivity contribution >= 4 is 0 Å². The molecule has 0 bridgehead atoms. The highest BCUT2D eigenvalue weighted by Gasteiger charge is 2.17. The molecule has 0 aromatic heterocycles. The summed E-state index contributed by atoms with van der Waals surface area (Å²) in [7, 11) is 0. The third-order valence-corrected chi connectivity index (χ3v) is 4.38. The number of nitrogens with one attached hydrogen (secondary N) is 1. The van der Waals surface area contributed by atoms with Crippen LogP contribution in [-0.4, -0.2) is 6.54 Å². The van der Waals surface area contributed by atoms with Gasteiger partial charge in [-0.25, -0.2) is 4.39 Å². The first-order valence-electron chi connectivity index (χ1n) is 7.61. The number of benzene rings is 1. The molecule has 19 heavy (non-hydrogen) atoms. The van der Waals surface area contributed by atoms with Crippen molar-refractivity contribution in [3.63, 3.8) is 0 Å². The van der Waals surface area contributed by atoms with Crippen molar-refractivity contribution in [3.8, 4) is 0 Å². The van der Waals surface area contributed by atoms with Crippen LogP contribution >= 0.6 is 0 Å². The molecule has 1 saturated carbocycles. The lowest BCUT2D eigenvalue weighted by Gasteiger charge is -2.26. The first-order valence-corrected chi connectivity index (χ1v) is 7.61. The molecule has 0 radical (unpaired) electrons. The van der Waals surface area contributed by atoms with Crippen molar-refractivity contribution in [3.05, 3.63) is 35.1 Å². The zero-order valence-electron chi connectivity index (χ0n) is 12.2. The van der Waals surface area contributed by atoms with Crippen molar-refractivity contribution < 1.29 is 4.39 Å². The van der Waals surface area contributed by atoms with Crippen molar-refractivity contribution in [1.82, 2.24) is 5.32 Å². The van der Waals surface area contributed by atoms with Crippen LogP contribution in [0.1, 0.15) is 50.2 Å². The summed E-state index contributed by atoms with van der Waals surface area (Å²) < 4.78 is 13.6. The molecule has 0 amide bonds. The van der Waals surface area contributed by atoms with Gasteiger partial charge in [-0.15, -0.1) is 0 Å². The Labute approximate surface area is 116 Å². The van der Waals surface area contributed by atoms with Gasteiger partial charge in [0.1, 0.15) is 5.82 Å². The Bertz CT molecular complexity index is 394. The van der Waals surface area contributed by atoms with Crippen LogP contribution < -0.4 is 5.32 Å². The molecule has 1 aliphatic rings. The zero-order chi connectivity index (χ0) is 13.7. The van der Waals surface area contributed by atoms with Gasteiger partial charge in [-0.05, 0) is 37.8 Å². The van der Waals surface area contributed by atoms with Crippen LogP contribution in [0.3, 0.4) is 0 Å². The largest absolute Gasteiger partial charge is 0.313 e. The maximum Gasteiger partial charge on any atom is 0.127 e. The summed E-state index contributed by atoms with van der Waals surface area (Å²) in [5, 5.41) is 3.39. The third-order valence-electron chi connectivity index (χ3n) is 4.38. The van der Waals surface area contributed by atoms with Gasteiger partial charge in [0.05, 0.1) is 0 Å². The van der Waals surface area contributed by atoms with Gasteiger partial charge in [-0.3, -0.25) is 0 Å². The summed E-state index contributed by atoms with van der Waals surface area (Å²) in [4.78, 5) is 0. The maximum atomic E-state index is 13.6. The molecule has 1 aromatic carbocycles. The second-order valence-corrected chi connectivity index (χ2v) is 6.19. The molecule has 2 rings (SSSR count). The van der Waals surface area contributed by atoms with E-state index in [9.17, 15) is 4.39 Å². The molecule has 1 nitrogen and oxygen atoms in total. The molecule has 2 heteroatoms. The highest BCUT2D eigenvalue weighted by Crippen LogP contribution is 2.29. The van der Waals surface area contributed by atoms with Crippen molar-refractivity contribution in [2.24, 2.45) is 11.8 Å². The molecule has 0 atom stereocenters. The Hall–Kier alpha value is -0.890. The Kier molecular flexibility index (Phi) is 5.38. The molecule has 1 aliphatic carbocycles. The number of hydrogen-bond acceptors (Lipinski definition) is 1. The minimum absolute atomic E-state index is 0.0930. The van der Waals surface area contributed by atoms with Crippen molar-refractivity contribution in [2.75, 3.05) is 6.54 Å². The van der Waals surface area contributed by atoms with Crippen LogP contribution in [0.25, 0.3) is 0 Å². The Morgan fingerprint density at radius 2 is 1.95 bits per heavy atom. The Morgan fingerprint density at radius 3 is 2.68 bits per heavy atom. The second-order valence-electron chi connectivity index (χ2n) is 6.19. The molecule has 106 valence electrons. The van der Waals surface area contributed by atoms with Gasteiger partial charge in [-0.1, -0.05) is 50.3 Å². The van der Waals surface area contributed by atoms with Gasteiger partial charge in [0.25, 0.3) is 0 Å². The molecule has 1 aromatic rings. The summed E-state index contributed by atoms with van der Waals surface area (Å²) in [6, 6.07) is 5.32. The summed E-state index contributed by atoms with van der Waals surface area (Å²) >= 11 is 0. The summed E-state index contributed by atoms with van der Waals surface area (Å²) in [5.41, 5.74) is 1.91. The first-order chi connectivity index (χ1) is 9.15. The van der Waals surface area contributed by atoms with E-state index in [0.717, 1.165) is 29.5 Å². The lowest BCUT2D eigenvalue weighted by atomic mass is 9.81. The summed E-state index contributed by atoms with van der Waals surface area (Å²) in [6.07, 6.45) is 6.76. The topological polar surface area (TPSA) is 12.0 Å². The van der Waals surface area contributed by atoms with Crippen LogP contribution in [-0.2, 0) is 6.54 Å². The van der Waals surface area contributed by atoms with Gasteiger partial charge in [0.15, 0.2) is 0 Å². The molecule has 1 N–H and O–H groups in total. The molecule has 1 fully saturated rings. The van der Waals surface area contributed by atoms with Crippen LogP contribution in [0, 0.1) is 24.6 Å². The van der Waals surface area contributed by atoms with Crippen molar-refractivity contribution in [2.45, 2.75) is 52.5 Å². The minimum atomic E-state index is -0.0930. The van der Waals surface area contributed by atoms with Crippen LogP contribution in [0.4, 0.5) is 4.39 Å². The number of hydrogen-bond donors (Lipinski definition) is 1. The minimum Gasteiger partial charge on any atom is -0.313 e. The summed E-state index contributed by atoms with van der Waals surface area (Å²) in [6.45, 7) is 6.02. The van der Waals surface area contributed by atoms with E-state index >= 15 is 0 Å². The lowest BCUT2D eigenvalue weighted by molar-refractivity contribution is 0.275. The smallest absolute Gasteiger partial charge is 0.127 e. The highest BCUT2D eigenvalue weighted by atomic mass is 19.1.